The van der Waals surface area contributed by atoms with Crippen molar-refractivity contribution in [1.82, 2.24) is 5.32 Å². The Kier molecular flexibility index (Phi) is 5.72. The first-order chi connectivity index (χ1) is 9.24. The van der Waals surface area contributed by atoms with Crippen LogP contribution in [-0.2, 0) is 6.42 Å². The number of nitrogens with one attached hydrogen (secondary N) is 1. The van der Waals surface area contributed by atoms with Gasteiger partial charge in [-0.05, 0) is 49.8 Å². The fourth-order valence-corrected chi connectivity index (χ4v) is 3.69. The van der Waals surface area contributed by atoms with Crippen LogP contribution in [0.4, 0.5) is 0 Å². The van der Waals surface area contributed by atoms with E-state index in [0.29, 0.717) is 6.04 Å². The van der Waals surface area contributed by atoms with Gasteiger partial charge in [-0.25, -0.2) is 0 Å². The molecule has 1 aliphatic carbocycles. The van der Waals surface area contributed by atoms with Crippen molar-refractivity contribution < 1.29 is 0 Å². The van der Waals surface area contributed by atoms with Crippen LogP contribution in [0.1, 0.15) is 44.6 Å². The molecule has 3 unspecified atom stereocenters. The van der Waals surface area contributed by atoms with Gasteiger partial charge in [0.2, 0.25) is 0 Å². The third-order valence-corrected chi connectivity index (χ3v) is 5.11. The maximum absolute atomic E-state index is 6.29. The van der Waals surface area contributed by atoms with E-state index in [9.17, 15) is 0 Å². The van der Waals surface area contributed by atoms with Crippen LogP contribution < -0.4 is 5.32 Å². The lowest BCUT2D eigenvalue weighted by Crippen LogP contribution is -2.38. The van der Waals surface area contributed by atoms with Gasteiger partial charge >= 0.3 is 0 Å². The van der Waals surface area contributed by atoms with E-state index in [1.165, 1.54) is 37.7 Å². The van der Waals surface area contributed by atoms with Crippen LogP contribution >= 0.6 is 11.6 Å². The lowest BCUT2D eigenvalue weighted by molar-refractivity contribution is 0.212. The van der Waals surface area contributed by atoms with Gasteiger partial charge in [0.05, 0.1) is 0 Å². The van der Waals surface area contributed by atoms with Crippen molar-refractivity contribution in [2.75, 3.05) is 7.05 Å². The first-order valence-corrected chi connectivity index (χ1v) is 8.03. The molecule has 1 aromatic rings. The summed E-state index contributed by atoms with van der Waals surface area (Å²) in [6.07, 6.45) is 7.95. The summed E-state index contributed by atoms with van der Waals surface area (Å²) in [5.74, 6) is 1.74. The monoisotopic (exact) mass is 279 g/mol. The Morgan fingerprint density at radius 3 is 2.79 bits per heavy atom. The van der Waals surface area contributed by atoms with Gasteiger partial charge in [-0.15, -0.1) is 0 Å². The van der Waals surface area contributed by atoms with Crippen molar-refractivity contribution in [3.8, 4) is 0 Å². The Bertz CT molecular complexity index is 391. The van der Waals surface area contributed by atoms with Crippen LogP contribution in [0.3, 0.4) is 0 Å². The van der Waals surface area contributed by atoms with Crippen LogP contribution in [0, 0.1) is 11.8 Å². The van der Waals surface area contributed by atoms with Gasteiger partial charge in [0.15, 0.2) is 0 Å². The number of halogens is 1. The maximum atomic E-state index is 6.29. The van der Waals surface area contributed by atoms with E-state index >= 15 is 0 Å². The summed E-state index contributed by atoms with van der Waals surface area (Å²) in [6.45, 7) is 2.33. The number of rotatable bonds is 5. The van der Waals surface area contributed by atoms with Crippen LogP contribution in [0.25, 0.3) is 0 Å². The molecule has 1 aromatic carbocycles. The summed E-state index contributed by atoms with van der Waals surface area (Å²) in [7, 11) is 2.09. The Hall–Kier alpha value is -0.530. The zero-order valence-electron chi connectivity index (χ0n) is 12.2. The molecule has 19 heavy (non-hydrogen) atoms. The highest BCUT2D eigenvalue weighted by molar-refractivity contribution is 6.31. The van der Waals surface area contributed by atoms with Gasteiger partial charge in [0.1, 0.15) is 0 Å². The molecule has 1 nitrogen and oxygen atoms in total. The predicted molar refractivity (Wildman–Crippen MR) is 83.7 cm³/mol. The summed E-state index contributed by atoms with van der Waals surface area (Å²) in [6, 6.07) is 8.82. The Labute approximate surface area is 122 Å². The largest absolute Gasteiger partial charge is 0.316 e. The minimum atomic E-state index is 0.564. The van der Waals surface area contributed by atoms with Crippen LogP contribution in [0.5, 0.6) is 0 Å². The average molecular weight is 280 g/mol. The number of hydrogen-bond acceptors (Lipinski definition) is 1. The highest BCUT2D eigenvalue weighted by Gasteiger charge is 2.27. The molecule has 1 N–H and O–H groups in total. The lowest BCUT2D eigenvalue weighted by Gasteiger charge is -2.34. The smallest absolute Gasteiger partial charge is 0.0438 e. The van der Waals surface area contributed by atoms with Crippen molar-refractivity contribution in [1.29, 1.82) is 0 Å². The summed E-state index contributed by atoms with van der Waals surface area (Å²) in [4.78, 5) is 0. The van der Waals surface area contributed by atoms with Gasteiger partial charge in [0, 0.05) is 11.1 Å². The molecular weight excluding hydrogens is 254 g/mol. The second-order valence-corrected chi connectivity index (χ2v) is 6.30. The van der Waals surface area contributed by atoms with Gasteiger partial charge in [-0.1, -0.05) is 56.0 Å². The van der Waals surface area contributed by atoms with Gasteiger partial charge < -0.3 is 5.32 Å². The van der Waals surface area contributed by atoms with Crippen molar-refractivity contribution in [3.63, 3.8) is 0 Å². The molecule has 0 spiro atoms. The zero-order chi connectivity index (χ0) is 13.7. The third kappa shape index (κ3) is 3.97. The molecule has 2 heteroatoms. The quantitative estimate of drug-likeness (QED) is 0.825. The molecule has 106 valence electrons. The summed E-state index contributed by atoms with van der Waals surface area (Å²) >= 11 is 6.29. The maximum Gasteiger partial charge on any atom is 0.0438 e. The molecule has 2 rings (SSSR count). The van der Waals surface area contributed by atoms with Crippen molar-refractivity contribution in [2.45, 2.75) is 51.5 Å². The van der Waals surface area contributed by atoms with E-state index in [2.05, 4.69) is 31.4 Å². The molecule has 0 bridgehead atoms. The predicted octanol–water partition coefficient (Wildman–Crippen LogP) is 4.69. The first kappa shape index (κ1) is 14.9. The van der Waals surface area contributed by atoms with Crippen molar-refractivity contribution >= 4 is 11.6 Å². The normalized spacial score (nSPS) is 25.2. The van der Waals surface area contributed by atoms with Crippen LogP contribution in [0.15, 0.2) is 24.3 Å². The van der Waals surface area contributed by atoms with Crippen molar-refractivity contribution in [3.05, 3.63) is 34.9 Å². The number of benzene rings is 1. The van der Waals surface area contributed by atoms with Gasteiger partial charge in [-0.3, -0.25) is 0 Å². The highest BCUT2D eigenvalue weighted by atomic mass is 35.5. The number of hydrogen-bond donors (Lipinski definition) is 1. The molecule has 0 aliphatic heterocycles. The molecule has 0 saturated heterocycles. The fourth-order valence-electron chi connectivity index (χ4n) is 3.47. The zero-order valence-corrected chi connectivity index (χ0v) is 12.9. The third-order valence-electron chi connectivity index (χ3n) is 4.74. The molecule has 0 radical (unpaired) electrons. The van der Waals surface area contributed by atoms with E-state index in [1.807, 2.05) is 12.1 Å². The SMILES string of the molecule is CCC1CCCC(C(Cc2ccccc2Cl)NC)C1. The van der Waals surface area contributed by atoms with Crippen LogP contribution in [0.2, 0.25) is 5.02 Å². The van der Waals surface area contributed by atoms with Crippen molar-refractivity contribution in [2.24, 2.45) is 11.8 Å². The first-order valence-electron chi connectivity index (χ1n) is 7.65. The summed E-state index contributed by atoms with van der Waals surface area (Å²) < 4.78 is 0. The van der Waals surface area contributed by atoms with Gasteiger partial charge in [0.25, 0.3) is 0 Å². The van der Waals surface area contributed by atoms with Crippen LogP contribution in [-0.4, -0.2) is 13.1 Å². The molecule has 3 atom stereocenters. The second-order valence-electron chi connectivity index (χ2n) is 5.89. The Morgan fingerprint density at radius 2 is 2.11 bits per heavy atom. The average Bonchev–Trinajstić information content (AvgIpc) is 2.46. The fraction of sp³-hybridized carbons (Fsp3) is 0.647. The second kappa shape index (κ2) is 7.31. The molecule has 1 aliphatic rings. The molecule has 0 aromatic heterocycles. The highest BCUT2D eigenvalue weighted by Crippen LogP contribution is 2.34. The van der Waals surface area contributed by atoms with E-state index in [4.69, 9.17) is 11.6 Å². The van der Waals surface area contributed by atoms with E-state index in [-0.39, 0.29) is 0 Å². The molecule has 1 fully saturated rings. The number of likely N-dealkylation sites (N-methyl/N-ethyl adjacent to an activating group) is 1. The minimum absolute atomic E-state index is 0.564. The Balaban J connectivity index is 2.01. The molecule has 1 saturated carbocycles. The minimum Gasteiger partial charge on any atom is -0.316 e. The van der Waals surface area contributed by atoms with E-state index < -0.39 is 0 Å². The standard InChI is InChI=1S/C17H26ClN/c1-3-13-7-6-9-15(11-13)17(19-2)12-14-8-4-5-10-16(14)18/h4-5,8,10,13,15,17,19H,3,6-7,9,11-12H2,1-2H3. The molecule has 0 heterocycles. The lowest BCUT2D eigenvalue weighted by atomic mass is 9.75. The molecular formula is C17H26ClN. The summed E-state index contributed by atoms with van der Waals surface area (Å²) in [5.41, 5.74) is 1.28. The topological polar surface area (TPSA) is 12.0 Å². The van der Waals surface area contributed by atoms with Gasteiger partial charge in [-0.2, -0.15) is 0 Å². The Morgan fingerprint density at radius 1 is 1.32 bits per heavy atom. The van der Waals surface area contributed by atoms with E-state index in [0.717, 1.165) is 23.3 Å². The molecule has 0 amide bonds. The summed E-state index contributed by atoms with van der Waals surface area (Å²) in [5, 5.41) is 4.44. The van der Waals surface area contributed by atoms with E-state index in [1.54, 1.807) is 0 Å².